The number of hydrogen-bond donors (Lipinski definition) is 2. The van der Waals surface area contributed by atoms with Crippen molar-refractivity contribution < 1.29 is 5.11 Å². The van der Waals surface area contributed by atoms with Gasteiger partial charge in [-0.25, -0.2) is 0 Å². The van der Waals surface area contributed by atoms with Gasteiger partial charge in [0.15, 0.2) is 0 Å². The van der Waals surface area contributed by atoms with Crippen molar-refractivity contribution >= 4 is 11.0 Å². The van der Waals surface area contributed by atoms with E-state index in [1.54, 1.807) is 12.1 Å². The highest BCUT2D eigenvalue weighted by Gasteiger charge is 2.23. The molecule has 0 aliphatic carbocycles. The van der Waals surface area contributed by atoms with Crippen LogP contribution >= 0.6 is 0 Å². The van der Waals surface area contributed by atoms with Crippen LogP contribution in [0.1, 0.15) is 11.6 Å². The monoisotopic (exact) mass is 280 g/mol. The molecule has 3 heterocycles. The number of nitrogens with zero attached hydrogens (tertiary/aromatic N) is 3. The minimum absolute atomic E-state index is 0.226. The molecule has 3 aromatic rings. The van der Waals surface area contributed by atoms with E-state index in [9.17, 15) is 5.11 Å². The maximum atomic E-state index is 9.96. The van der Waals surface area contributed by atoms with Gasteiger partial charge in [0.05, 0.1) is 11.2 Å². The predicted octanol–water partition coefficient (Wildman–Crippen LogP) is 2.03. The molecule has 1 saturated heterocycles. The van der Waals surface area contributed by atoms with Crippen LogP contribution in [0.5, 0.6) is 5.75 Å². The van der Waals surface area contributed by atoms with E-state index in [4.69, 9.17) is 0 Å². The zero-order valence-electron chi connectivity index (χ0n) is 11.7. The molecule has 1 aromatic carbocycles. The number of aromatic nitrogens is 3. The Balaban J connectivity index is 1.86. The number of para-hydroxylation sites is 1. The van der Waals surface area contributed by atoms with Gasteiger partial charge in [0.2, 0.25) is 0 Å². The molecule has 21 heavy (non-hydrogen) atoms. The molecule has 0 saturated carbocycles. The van der Waals surface area contributed by atoms with Crippen LogP contribution in [-0.2, 0) is 7.05 Å². The number of aromatic hydroxyl groups is 1. The highest BCUT2D eigenvalue weighted by atomic mass is 16.3. The van der Waals surface area contributed by atoms with Crippen LogP contribution < -0.4 is 5.32 Å². The van der Waals surface area contributed by atoms with Crippen LogP contribution in [0.3, 0.4) is 0 Å². The van der Waals surface area contributed by atoms with Crippen molar-refractivity contribution in [3.8, 4) is 17.0 Å². The van der Waals surface area contributed by atoms with Crippen molar-refractivity contribution in [2.45, 2.75) is 5.92 Å². The van der Waals surface area contributed by atoms with Crippen LogP contribution in [0.4, 0.5) is 0 Å². The maximum Gasteiger partial charge on any atom is 0.125 e. The van der Waals surface area contributed by atoms with E-state index >= 15 is 0 Å². The van der Waals surface area contributed by atoms with Gasteiger partial charge in [0.25, 0.3) is 0 Å². The zero-order valence-corrected chi connectivity index (χ0v) is 11.7. The van der Waals surface area contributed by atoms with Crippen molar-refractivity contribution in [2.24, 2.45) is 7.05 Å². The Morgan fingerprint density at radius 2 is 2.00 bits per heavy atom. The summed E-state index contributed by atoms with van der Waals surface area (Å²) >= 11 is 0. The molecule has 2 N–H and O–H groups in total. The molecular formula is C16H16N4O. The summed E-state index contributed by atoms with van der Waals surface area (Å²) in [5.41, 5.74) is 4.64. The smallest absolute Gasteiger partial charge is 0.125 e. The van der Waals surface area contributed by atoms with Crippen molar-refractivity contribution in [2.75, 3.05) is 13.1 Å². The highest BCUT2D eigenvalue weighted by Crippen LogP contribution is 2.30. The molecule has 1 aliphatic rings. The van der Waals surface area contributed by atoms with Gasteiger partial charge in [-0.1, -0.05) is 12.1 Å². The fraction of sp³-hybridized carbons (Fsp3) is 0.250. The number of hydrogen-bond acceptors (Lipinski definition) is 4. The molecule has 0 bridgehead atoms. The molecule has 0 amide bonds. The van der Waals surface area contributed by atoms with E-state index in [0.717, 1.165) is 24.1 Å². The topological polar surface area (TPSA) is 63.0 Å². The Labute approximate surface area is 122 Å². The summed E-state index contributed by atoms with van der Waals surface area (Å²) in [5.74, 6) is 0.779. The van der Waals surface area contributed by atoms with E-state index in [1.165, 1.54) is 5.69 Å². The normalized spacial score (nSPS) is 15.3. The lowest BCUT2D eigenvalue weighted by Crippen LogP contribution is -2.40. The Bertz CT molecular complexity index is 820. The molecule has 1 fully saturated rings. The van der Waals surface area contributed by atoms with E-state index in [2.05, 4.69) is 33.2 Å². The van der Waals surface area contributed by atoms with Crippen LogP contribution in [-0.4, -0.2) is 33.0 Å². The van der Waals surface area contributed by atoms with Gasteiger partial charge in [-0.05, 0) is 24.3 Å². The number of aryl methyl sites for hydroxylation is 1. The largest absolute Gasteiger partial charge is 0.507 e. The van der Waals surface area contributed by atoms with E-state index < -0.39 is 0 Å². The zero-order chi connectivity index (χ0) is 14.4. The quantitative estimate of drug-likeness (QED) is 0.754. The van der Waals surface area contributed by atoms with Crippen molar-refractivity contribution in [3.05, 3.63) is 42.1 Å². The third kappa shape index (κ3) is 1.89. The van der Waals surface area contributed by atoms with Gasteiger partial charge in [0, 0.05) is 37.3 Å². The third-order valence-corrected chi connectivity index (χ3v) is 4.21. The Morgan fingerprint density at radius 3 is 2.71 bits per heavy atom. The summed E-state index contributed by atoms with van der Waals surface area (Å²) in [6.45, 7) is 2.04. The summed E-state index contributed by atoms with van der Waals surface area (Å²) in [4.78, 5) is 0. The van der Waals surface area contributed by atoms with Gasteiger partial charge in [-0.2, -0.15) is 0 Å². The average Bonchev–Trinajstić information content (AvgIpc) is 2.75. The van der Waals surface area contributed by atoms with Crippen molar-refractivity contribution in [1.29, 1.82) is 0 Å². The molecular weight excluding hydrogens is 264 g/mol. The third-order valence-electron chi connectivity index (χ3n) is 4.21. The molecule has 1 aliphatic heterocycles. The minimum Gasteiger partial charge on any atom is -0.507 e. The summed E-state index contributed by atoms with van der Waals surface area (Å²) in [5, 5.41) is 21.8. The van der Waals surface area contributed by atoms with Crippen LogP contribution in [0.15, 0.2) is 36.4 Å². The van der Waals surface area contributed by atoms with Crippen LogP contribution in [0.25, 0.3) is 22.3 Å². The lowest BCUT2D eigenvalue weighted by Gasteiger charge is -2.27. The first-order chi connectivity index (χ1) is 10.2. The summed E-state index contributed by atoms with van der Waals surface area (Å²) < 4.78 is 2.18. The van der Waals surface area contributed by atoms with E-state index in [0.29, 0.717) is 17.2 Å². The van der Waals surface area contributed by atoms with Crippen molar-refractivity contribution in [3.63, 3.8) is 0 Å². The Kier molecular flexibility index (Phi) is 2.68. The summed E-state index contributed by atoms with van der Waals surface area (Å²) in [6.07, 6.45) is 0. The lowest BCUT2D eigenvalue weighted by molar-refractivity contribution is 0.432. The number of fused-ring (bicyclic) bond motifs is 1. The van der Waals surface area contributed by atoms with Gasteiger partial charge >= 0.3 is 0 Å². The van der Waals surface area contributed by atoms with E-state index in [1.807, 2.05) is 18.2 Å². The highest BCUT2D eigenvalue weighted by molar-refractivity contribution is 5.81. The molecule has 5 nitrogen and oxygen atoms in total. The first-order valence-electron chi connectivity index (χ1n) is 7.06. The lowest BCUT2D eigenvalue weighted by atomic mass is 9.99. The van der Waals surface area contributed by atoms with Crippen LogP contribution in [0.2, 0.25) is 0 Å². The molecule has 106 valence electrons. The first-order valence-corrected chi connectivity index (χ1v) is 7.06. The number of phenolic OH excluding ortho intramolecular Hbond substituents is 1. The molecule has 5 heteroatoms. The molecule has 0 atom stereocenters. The summed E-state index contributed by atoms with van der Waals surface area (Å²) in [6, 6.07) is 11.3. The number of nitrogens with one attached hydrogen (secondary N) is 1. The van der Waals surface area contributed by atoms with Gasteiger partial charge < -0.3 is 15.0 Å². The second-order valence-electron chi connectivity index (χ2n) is 5.50. The average molecular weight is 280 g/mol. The van der Waals surface area contributed by atoms with Gasteiger partial charge in [-0.15, -0.1) is 10.2 Å². The second kappa shape index (κ2) is 4.56. The standard InChI is InChI=1S/C16H16N4O/c1-20-14(10-8-17-9-10)7-13-15(20)6-12(18-19-13)11-4-2-3-5-16(11)21/h2-7,10,17,21H,8-9H2,1H3. The van der Waals surface area contributed by atoms with Gasteiger partial charge in [-0.3, -0.25) is 0 Å². The molecule has 4 rings (SSSR count). The van der Waals surface area contributed by atoms with E-state index in [-0.39, 0.29) is 5.75 Å². The fourth-order valence-electron chi connectivity index (χ4n) is 2.85. The molecule has 0 radical (unpaired) electrons. The number of benzene rings is 1. The Morgan fingerprint density at radius 1 is 1.19 bits per heavy atom. The summed E-state index contributed by atoms with van der Waals surface area (Å²) in [7, 11) is 2.06. The molecule has 0 spiro atoms. The first kappa shape index (κ1) is 12.3. The molecule has 2 aromatic heterocycles. The maximum absolute atomic E-state index is 9.96. The SMILES string of the molecule is Cn1c(C2CNC2)cc2nnc(-c3ccccc3O)cc21. The fourth-order valence-corrected chi connectivity index (χ4v) is 2.85. The predicted molar refractivity (Wildman–Crippen MR) is 81.2 cm³/mol. The minimum atomic E-state index is 0.226. The Hall–Kier alpha value is -2.40. The second-order valence-corrected chi connectivity index (χ2v) is 5.50. The van der Waals surface area contributed by atoms with Crippen LogP contribution in [0, 0.1) is 0 Å². The molecule has 0 unspecified atom stereocenters. The number of phenols is 1. The number of rotatable bonds is 2. The van der Waals surface area contributed by atoms with Crippen molar-refractivity contribution in [1.82, 2.24) is 20.1 Å². The van der Waals surface area contributed by atoms with Gasteiger partial charge in [0.1, 0.15) is 11.3 Å².